The quantitative estimate of drug-likeness (QED) is 0.623. The summed E-state index contributed by atoms with van der Waals surface area (Å²) in [6.07, 6.45) is 1.99. The van der Waals surface area contributed by atoms with Crippen molar-refractivity contribution < 1.29 is 13.9 Å². The summed E-state index contributed by atoms with van der Waals surface area (Å²) in [7, 11) is 1.73. The Morgan fingerprint density at radius 1 is 1.33 bits per heavy atom. The van der Waals surface area contributed by atoms with E-state index in [4.69, 9.17) is 9.15 Å². The number of benzene rings is 1. The van der Waals surface area contributed by atoms with Crippen molar-refractivity contribution in [1.82, 2.24) is 20.5 Å². The van der Waals surface area contributed by atoms with Gasteiger partial charge in [0, 0.05) is 44.2 Å². The molecule has 0 saturated carbocycles. The van der Waals surface area contributed by atoms with E-state index in [2.05, 4.69) is 20.5 Å². The first-order chi connectivity index (χ1) is 14.6. The van der Waals surface area contributed by atoms with Crippen molar-refractivity contribution in [1.29, 1.82) is 0 Å². The molecule has 2 saturated heterocycles. The van der Waals surface area contributed by atoms with Crippen LogP contribution in [-0.2, 0) is 15.3 Å². The van der Waals surface area contributed by atoms with Gasteiger partial charge in [-0.3, -0.25) is 10.1 Å². The number of oxazole rings is 1. The number of hydrogen-bond acceptors (Lipinski definition) is 7. The molecule has 162 valence electrons. The normalized spacial score (nSPS) is 24.5. The summed E-state index contributed by atoms with van der Waals surface area (Å²) in [6.45, 7) is 5.52. The van der Waals surface area contributed by atoms with Crippen molar-refractivity contribution in [3.05, 3.63) is 41.8 Å². The predicted octanol–water partition coefficient (Wildman–Crippen LogP) is 2.61. The van der Waals surface area contributed by atoms with Gasteiger partial charge in [-0.25, -0.2) is 4.98 Å². The molecule has 2 aliphatic rings. The predicted molar refractivity (Wildman–Crippen MR) is 118 cm³/mol. The van der Waals surface area contributed by atoms with Crippen molar-refractivity contribution in [3.63, 3.8) is 0 Å². The van der Waals surface area contributed by atoms with Gasteiger partial charge < -0.3 is 19.4 Å². The number of carbonyl (C=O) groups excluding carboxylic acids is 1. The highest BCUT2D eigenvalue weighted by atomic mass is 32.2. The minimum atomic E-state index is -0.102. The van der Waals surface area contributed by atoms with E-state index in [9.17, 15) is 4.79 Å². The van der Waals surface area contributed by atoms with Crippen LogP contribution in [-0.4, -0.2) is 60.7 Å². The zero-order valence-electron chi connectivity index (χ0n) is 17.6. The van der Waals surface area contributed by atoms with E-state index in [0.717, 1.165) is 56.1 Å². The number of thioether (sulfide) groups is 1. The van der Waals surface area contributed by atoms with Gasteiger partial charge in [0.25, 0.3) is 0 Å². The van der Waals surface area contributed by atoms with Gasteiger partial charge in [-0.05, 0) is 38.4 Å². The van der Waals surface area contributed by atoms with E-state index < -0.39 is 0 Å². The van der Waals surface area contributed by atoms with Crippen LogP contribution in [0.5, 0.6) is 0 Å². The first-order valence-corrected chi connectivity index (χ1v) is 11.6. The largest absolute Gasteiger partial charge is 0.441 e. The lowest BCUT2D eigenvalue weighted by Gasteiger charge is -2.43. The molecule has 3 heterocycles. The number of likely N-dealkylation sites (tertiary alicyclic amines) is 1. The van der Waals surface area contributed by atoms with Gasteiger partial charge >= 0.3 is 0 Å². The Balaban J connectivity index is 1.30. The molecule has 0 spiro atoms. The van der Waals surface area contributed by atoms with Crippen molar-refractivity contribution in [3.8, 4) is 11.5 Å². The van der Waals surface area contributed by atoms with Gasteiger partial charge in [0.05, 0.1) is 11.6 Å². The fourth-order valence-electron chi connectivity index (χ4n) is 4.11. The second-order valence-electron chi connectivity index (χ2n) is 7.90. The van der Waals surface area contributed by atoms with E-state index in [1.807, 2.05) is 37.3 Å². The third-order valence-electron chi connectivity index (χ3n) is 5.80. The lowest BCUT2D eigenvalue weighted by molar-refractivity contribution is -0.130. The van der Waals surface area contributed by atoms with E-state index in [-0.39, 0.29) is 23.4 Å². The molecule has 1 amide bonds. The molecule has 7 nitrogen and oxygen atoms in total. The van der Waals surface area contributed by atoms with Crippen LogP contribution in [0.15, 0.2) is 34.7 Å². The van der Waals surface area contributed by atoms with Crippen molar-refractivity contribution in [2.75, 3.05) is 33.4 Å². The highest BCUT2D eigenvalue weighted by Gasteiger charge is 2.39. The number of fused-ring (bicyclic) bond motifs is 1. The Bertz CT molecular complexity index is 844. The number of nitrogens with zero attached hydrogens (tertiary/aromatic N) is 2. The first kappa shape index (κ1) is 21.4. The van der Waals surface area contributed by atoms with Crippen LogP contribution in [0, 0.1) is 12.8 Å². The maximum atomic E-state index is 12.7. The van der Waals surface area contributed by atoms with Crippen LogP contribution in [0.25, 0.3) is 11.5 Å². The first-order valence-electron chi connectivity index (χ1n) is 10.5. The molecule has 0 bridgehead atoms. The summed E-state index contributed by atoms with van der Waals surface area (Å²) in [5.74, 6) is 2.31. The summed E-state index contributed by atoms with van der Waals surface area (Å²) >= 11 is 1.65. The Labute approximate surface area is 181 Å². The summed E-state index contributed by atoms with van der Waals surface area (Å²) in [4.78, 5) is 19.8. The number of aryl methyl sites for hydroxylation is 1. The third kappa shape index (κ3) is 5.06. The lowest BCUT2D eigenvalue weighted by Crippen LogP contribution is -2.64. The zero-order valence-corrected chi connectivity index (χ0v) is 18.4. The maximum absolute atomic E-state index is 12.7. The van der Waals surface area contributed by atoms with Crippen LogP contribution in [0.1, 0.15) is 24.3 Å². The number of ether oxygens (including phenoxy) is 1. The van der Waals surface area contributed by atoms with E-state index in [1.165, 1.54) is 0 Å². The molecule has 2 fully saturated rings. The summed E-state index contributed by atoms with van der Waals surface area (Å²) < 4.78 is 11.0. The minimum Gasteiger partial charge on any atom is -0.441 e. The Morgan fingerprint density at radius 3 is 2.97 bits per heavy atom. The third-order valence-corrected chi connectivity index (χ3v) is 6.82. The average molecular weight is 431 g/mol. The number of piperidine rings is 1. The van der Waals surface area contributed by atoms with Gasteiger partial charge in [0.2, 0.25) is 11.8 Å². The molecule has 4 rings (SSSR count). The molecular formula is C22H30N4O3S. The summed E-state index contributed by atoms with van der Waals surface area (Å²) in [6, 6.07) is 10.1. The molecule has 2 N–H and O–H groups in total. The van der Waals surface area contributed by atoms with Crippen LogP contribution >= 0.6 is 11.8 Å². The molecular weight excluding hydrogens is 400 g/mol. The van der Waals surface area contributed by atoms with Crippen LogP contribution in [0.3, 0.4) is 0 Å². The second kappa shape index (κ2) is 9.96. The lowest BCUT2D eigenvalue weighted by atomic mass is 9.90. The van der Waals surface area contributed by atoms with Crippen molar-refractivity contribution in [2.45, 2.75) is 37.1 Å². The second-order valence-corrected chi connectivity index (χ2v) is 9.00. The number of nitrogens with one attached hydrogen (secondary N) is 2. The molecule has 2 aliphatic heterocycles. The van der Waals surface area contributed by atoms with Crippen LogP contribution in [0.2, 0.25) is 0 Å². The molecule has 8 heteroatoms. The van der Waals surface area contributed by atoms with Gasteiger partial charge in [0.1, 0.15) is 11.3 Å². The SMILES string of the molecule is COCCCN1CCC2NC(SCc3nc(-c4ccccc4)oc3C)NC(=O)C2C1. The molecule has 30 heavy (non-hydrogen) atoms. The Hall–Kier alpha value is -1.87. The average Bonchev–Trinajstić information content (AvgIpc) is 3.14. The van der Waals surface area contributed by atoms with E-state index in [1.54, 1.807) is 18.9 Å². The molecule has 3 atom stereocenters. The van der Waals surface area contributed by atoms with Crippen molar-refractivity contribution in [2.24, 2.45) is 5.92 Å². The highest BCUT2D eigenvalue weighted by molar-refractivity contribution is 7.99. The van der Waals surface area contributed by atoms with E-state index >= 15 is 0 Å². The molecule has 1 aromatic heterocycles. The molecule has 0 radical (unpaired) electrons. The van der Waals surface area contributed by atoms with E-state index in [0.29, 0.717) is 11.6 Å². The minimum absolute atomic E-state index is 0.0108. The number of aromatic nitrogens is 1. The van der Waals surface area contributed by atoms with Gasteiger partial charge in [-0.1, -0.05) is 18.2 Å². The molecule has 1 aromatic carbocycles. The van der Waals surface area contributed by atoms with Crippen LogP contribution < -0.4 is 10.6 Å². The fraction of sp³-hybridized carbons (Fsp3) is 0.545. The summed E-state index contributed by atoms with van der Waals surface area (Å²) in [5.41, 5.74) is 1.79. The van der Waals surface area contributed by atoms with Crippen molar-refractivity contribution >= 4 is 17.7 Å². The number of amides is 1. The number of carbonyl (C=O) groups is 1. The van der Waals surface area contributed by atoms with Gasteiger partial charge in [-0.2, -0.15) is 0 Å². The number of hydrogen-bond donors (Lipinski definition) is 2. The number of methoxy groups -OCH3 is 1. The monoisotopic (exact) mass is 430 g/mol. The Morgan fingerprint density at radius 2 is 2.17 bits per heavy atom. The van der Waals surface area contributed by atoms with Crippen LogP contribution in [0.4, 0.5) is 0 Å². The molecule has 2 aromatic rings. The fourth-order valence-corrected chi connectivity index (χ4v) is 5.17. The Kier molecular flexibility index (Phi) is 7.09. The highest BCUT2D eigenvalue weighted by Crippen LogP contribution is 2.28. The topological polar surface area (TPSA) is 79.6 Å². The zero-order chi connectivity index (χ0) is 20.9. The molecule has 3 unspecified atom stereocenters. The number of rotatable bonds is 8. The smallest absolute Gasteiger partial charge is 0.227 e. The standard InChI is InChI=1S/C22H30N4O3S/c1-15-19(23-21(29-15)16-7-4-3-5-8-16)14-30-22-24-18-9-11-26(10-6-12-28-2)13-17(18)20(27)25-22/h3-5,7-8,17-18,22,24H,6,9-14H2,1-2H3,(H,25,27). The maximum Gasteiger partial charge on any atom is 0.227 e. The summed E-state index contributed by atoms with van der Waals surface area (Å²) in [5, 5.41) is 6.76. The van der Waals surface area contributed by atoms with Gasteiger partial charge in [-0.15, -0.1) is 11.8 Å². The molecule has 0 aliphatic carbocycles. The van der Waals surface area contributed by atoms with Gasteiger partial charge in [0.15, 0.2) is 0 Å².